The topological polar surface area (TPSA) is 73.1 Å². The Balaban J connectivity index is 1.42. The first-order chi connectivity index (χ1) is 16.2. The van der Waals surface area contributed by atoms with Crippen LogP contribution in [0.25, 0.3) is 11.3 Å². The van der Waals surface area contributed by atoms with Gasteiger partial charge in [-0.1, -0.05) is 29.8 Å². The van der Waals surface area contributed by atoms with Crippen molar-refractivity contribution in [1.29, 1.82) is 0 Å². The van der Waals surface area contributed by atoms with Crippen molar-refractivity contribution in [3.05, 3.63) is 71.0 Å². The zero-order chi connectivity index (χ0) is 24.1. The van der Waals surface area contributed by atoms with Crippen molar-refractivity contribution in [3.63, 3.8) is 0 Å². The minimum atomic E-state index is -4.71. The molecule has 2 aromatic heterocycles. The standard InChI is InChI=1S/C25H26ClF3N4O/c26-22-15-31-19(12-16-4-8-18(30)9-5-16)13-21(22)23-2-1-3-24(33-23)32-14-17-6-10-20(11-7-17)34-25(27,28)29/h1-3,6-7,10-11,13,15-16,18H,4-5,8-9,12,14,30H2,(H,32,33). The van der Waals surface area contributed by atoms with Gasteiger partial charge in [0.25, 0.3) is 0 Å². The summed E-state index contributed by atoms with van der Waals surface area (Å²) in [6, 6.07) is 13.6. The number of hydrogen-bond donors (Lipinski definition) is 2. The van der Waals surface area contributed by atoms with Crippen LogP contribution in [0.4, 0.5) is 19.0 Å². The van der Waals surface area contributed by atoms with Crippen molar-refractivity contribution in [2.24, 2.45) is 11.7 Å². The summed E-state index contributed by atoms with van der Waals surface area (Å²) in [6.45, 7) is 0.391. The minimum Gasteiger partial charge on any atom is -0.406 e. The van der Waals surface area contributed by atoms with E-state index in [-0.39, 0.29) is 5.75 Å². The molecule has 1 fully saturated rings. The second-order valence-corrected chi connectivity index (χ2v) is 9.00. The Bertz CT molecular complexity index is 1100. The maximum Gasteiger partial charge on any atom is 0.573 e. The molecular formula is C25H26ClF3N4O. The number of halogens is 4. The molecule has 2 heterocycles. The number of benzene rings is 1. The van der Waals surface area contributed by atoms with E-state index in [0.717, 1.165) is 54.6 Å². The van der Waals surface area contributed by atoms with Gasteiger partial charge in [-0.3, -0.25) is 4.98 Å². The van der Waals surface area contributed by atoms with Crippen LogP contribution in [0.3, 0.4) is 0 Å². The van der Waals surface area contributed by atoms with E-state index in [1.165, 1.54) is 12.1 Å². The minimum absolute atomic E-state index is 0.254. The van der Waals surface area contributed by atoms with Crippen LogP contribution < -0.4 is 15.8 Å². The SMILES string of the molecule is NC1CCC(Cc2cc(-c3cccc(NCc4ccc(OC(F)(F)F)cc4)n3)c(Cl)cn2)CC1. The average molecular weight is 491 g/mol. The fraction of sp³-hybridized carbons (Fsp3) is 0.360. The number of nitrogens with one attached hydrogen (secondary N) is 1. The van der Waals surface area contributed by atoms with E-state index in [0.29, 0.717) is 29.3 Å². The number of nitrogens with two attached hydrogens (primary N) is 1. The van der Waals surface area contributed by atoms with Gasteiger partial charge in [0.2, 0.25) is 0 Å². The molecule has 34 heavy (non-hydrogen) atoms. The molecule has 1 aliphatic rings. The van der Waals surface area contributed by atoms with Crippen molar-refractivity contribution in [1.82, 2.24) is 9.97 Å². The summed E-state index contributed by atoms with van der Waals surface area (Å²) in [5.74, 6) is 0.953. The predicted octanol–water partition coefficient (Wildman–Crippen LogP) is 6.37. The first-order valence-corrected chi connectivity index (χ1v) is 11.6. The van der Waals surface area contributed by atoms with Crippen LogP contribution in [0, 0.1) is 5.92 Å². The third-order valence-corrected chi connectivity index (χ3v) is 6.26. The van der Waals surface area contributed by atoms with E-state index in [4.69, 9.17) is 17.3 Å². The maximum absolute atomic E-state index is 12.3. The van der Waals surface area contributed by atoms with E-state index >= 15 is 0 Å². The first-order valence-electron chi connectivity index (χ1n) is 11.2. The molecule has 4 rings (SSSR count). The Hall–Kier alpha value is -2.84. The molecule has 0 aliphatic heterocycles. The summed E-state index contributed by atoms with van der Waals surface area (Å²) in [4.78, 5) is 9.19. The highest BCUT2D eigenvalue weighted by Crippen LogP contribution is 2.31. The van der Waals surface area contributed by atoms with Gasteiger partial charge in [-0.2, -0.15) is 0 Å². The van der Waals surface area contributed by atoms with Gasteiger partial charge in [0.1, 0.15) is 11.6 Å². The molecule has 3 aromatic rings. The number of pyridine rings is 2. The number of rotatable bonds is 7. The Kier molecular flexibility index (Phi) is 7.58. The zero-order valence-corrected chi connectivity index (χ0v) is 19.2. The van der Waals surface area contributed by atoms with Gasteiger partial charge in [-0.05, 0) is 73.9 Å². The molecule has 1 saturated carbocycles. The van der Waals surface area contributed by atoms with Gasteiger partial charge >= 0.3 is 6.36 Å². The first kappa shape index (κ1) is 24.3. The Morgan fingerprint density at radius 3 is 2.50 bits per heavy atom. The molecule has 1 aromatic carbocycles. The predicted molar refractivity (Wildman–Crippen MR) is 127 cm³/mol. The molecule has 0 saturated heterocycles. The molecule has 180 valence electrons. The van der Waals surface area contributed by atoms with Crippen LogP contribution >= 0.6 is 11.6 Å². The number of hydrogen-bond acceptors (Lipinski definition) is 5. The Morgan fingerprint density at radius 1 is 1.06 bits per heavy atom. The summed E-state index contributed by atoms with van der Waals surface area (Å²) >= 11 is 6.45. The average Bonchev–Trinajstić information content (AvgIpc) is 2.80. The third kappa shape index (κ3) is 6.84. The molecule has 0 amide bonds. The highest BCUT2D eigenvalue weighted by Gasteiger charge is 2.30. The van der Waals surface area contributed by atoms with Crippen molar-refractivity contribution >= 4 is 17.4 Å². The number of alkyl halides is 3. The molecule has 0 radical (unpaired) electrons. The zero-order valence-electron chi connectivity index (χ0n) is 18.5. The molecule has 0 unspecified atom stereocenters. The van der Waals surface area contributed by atoms with Gasteiger partial charge < -0.3 is 15.8 Å². The van der Waals surface area contributed by atoms with E-state index < -0.39 is 6.36 Å². The number of nitrogens with zero attached hydrogens (tertiary/aromatic N) is 2. The van der Waals surface area contributed by atoms with Crippen LogP contribution in [-0.4, -0.2) is 22.4 Å². The van der Waals surface area contributed by atoms with E-state index in [1.54, 1.807) is 18.3 Å². The van der Waals surface area contributed by atoms with Crippen LogP contribution in [0.1, 0.15) is 36.9 Å². The number of ether oxygens (including phenoxy) is 1. The van der Waals surface area contributed by atoms with Gasteiger partial charge in [-0.25, -0.2) is 4.98 Å². The van der Waals surface area contributed by atoms with Crippen molar-refractivity contribution < 1.29 is 17.9 Å². The van der Waals surface area contributed by atoms with Crippen molar-refractivity contribution in [2.45, 2.75) is 51.1 Å². The van der Waals surface area contributed by atoms with Crippen LogP contribution in [0.2, 0.25) is 5.02 Å². The normalized spacial score (nSPS) is 18.5. The van der Waals surface area contributed by atoms with E-state index in [9.17, 15) is 13.2 Å². The third-order valence-electron chi connectivity index (χ3n) is 5.96. The molecule has 0 spiro atoms. The molecule has 0 bridgehead atoms. The highest BCUT2D eigenvalue weighted by atomic mass is 35.5. The van der Waals surface area contributed by atoms with E-state index in [1.807, 2.05) is 24.3 Å². The second kappa shape index (κ2) is 10.6. The summed E-state index contributed by atoms with van der Waals surface area (Å²) in [6.07, 6.45) is 2.19. The second-order valence-electron chi connectivity index (χ2n) is 8.59. The highest BCUT2D eigenvalue weighted by molar-refractivity contribution is 6.33. The maximum atomic E-state index is 12.3. The molecule has 0 atom stereocenters. The lowest BCUT2D eigenvalue weighted by molar-refractivity contribution is -0.274. The Morgan fingerprint density at radius 2 is 1.79 bits per heavy atom. The number of aromatic nitrogens is 2. The van der Waals surface area contributed by atoms with Crippen LogP contribution in [-0.2, 0) is 13.0 Å². The molecule has 9 heteroatoms. The molecule has 1 aliphatic carbocycles. The van der Waals surface area contributed by atoms with Gasteiger partial charge in [-0.15, -0.1) is 13.2 Å². The quantitative estimate of drug-likeness (QED) is 0.402. The fourth-order valence-electron chi connectivity index (χ4n) is 4.16. The molecule has 5 nitrogen and oxygen atoms in total. The summed E-state index contributed by atoms with van der Waals surface area (Å²) in [7, 11) is 0. The lowest BCUT2D eigenvalue weighted by Gasteiger charge is -2.25. The van der Waals surface area contributed by atoms with Crippen molar-refractivity contribution in [3.8, 4) is 17.0 Å². The lowest BCUT2D eigenvalue weighted by Crippen LogP contribution is -2.27. The van der Waals surface area contributed by atoms with E-state index in [2.05, 4.69) is 20.0 Å². The van der Waals surface area contributed by atoms with Gasteiger partial charge in [0.05, 0.1) is 10.7 Å². The van der Waals surface area contributed by atoms with Crippen LogP contribution in [0.5, 0.6) is 5.75 Å². The smallest absolute Gasteiger partial charge is 0.406 e. The lowest BCUT2D eigenvalue weighted by atomic mass is 9.83. The Labute approximate surface area is 201 Å². The number of anilines is 1. The van der Waals surface area contributed by atoms with Gasteiger partial charge in [0.15, 0.2) is 0 Å². The molecule has 3 N–H and O–H groups in total. The fourth-order valence-corrected chi connectivity index (χ4v) is 4.36. The van der Waals surface area contributed by atoms with Crippen molar-refractivity contribution in [2.75, 3.05) is 5.32 Å². The molecular weight excluding hydrogens is 465 g/mol. The summed E-state index contributed by atoms with van der Waals surface area (Å²) in [5.41, 5.74) is 9.33. The van der Waals surface area contributed by atoms with Gasteiger partial charge in [0, 0.05) is 30.0 Å². The summed E-state index contributed by atoms with van der Waals surface area (Å²) < 4.78 is 40.8. The monoisotopic (exact) mass is 490 g/mol. The summed E-state index contributed by atoms with van der Waals surface area (Å²) in [5, 5.41) is 3.73. The van der Waals surface area contributed by atoms with Crippen LogP contribution in [0.15, 0.2) is 54.7 Å². The largest absolute Gasteiger partial charge is 0.573 e.